The lowest BCUT2D eigenvalue weighted by molar-refractivity contribution is 0.0505. The molecule has 1 aliphatic heterocycles. The molecule has 3 heteroatoms. The maximum absolute atomic E-state index is 5.74. The number of hydrogen-bond acceptors (Lipinski definition) is 3. The van der Waals surface area contributed by atoms with Crippen LogP contribution in [0.25, 0.3) is 0 Å². The number of fused-ring (bicyclic) bond motifs is 1. The van der Waals surface area contributed by atoms with Crippen molar-refractivity contribution in [2.24, 2.45) is 0 Å². The zero-order valence-electron chi connectivity index (χ0n) is 8.76. The number of ether oxygens (including phenoxy) is 1. The van der Waals surface area contributed by atoms with Crippen molar-refractivity contribution in [2.45, 2.75) is 12.8 Å². The molecule has 0 radical (unpaired) electrons. The van der Waals surface area contributed by atoms with E-state index in [-0.39, 0.29) is 6.23 Å². The molecule has 2 aromatic rings. The number of anilines is 1. The summed E-state index contributed by atoms with van der Waals surface area (Å²) in [5.41, 5.74) is 3.39. The summed E-state index contributed by atoms with van der Waals surface area (Å²) in [5, 5.41) is 3.35. The van der Waals surface area contributed by atoms with Crippen molar-refractivity contribution in [2.75, 3.05) is 5.32 Å². The van der Waals surface area contributed by atoms with Crippen LogP contribution >= 0.6 is 0 Å². The summed E-state index contributed by atoms with van der Waals surface area (Å²) in [7, 11) is 0. The van der Waals surface area contributed by atoms with Gasteiger partial charge in [0, 0.05) is 29.2 Å². The van der Waals surface area contributed by atoms with Crippen molar-refractivity contribution in [3.05, 3.63) is 59.9 Å². The Hall–Kier alpha value is -1.87. The fourth-order valence-corrected chi connectivity index (χ4v) is 1.85. The molecule has 1 aromatic heterocycles. The van der Waals surface area contributed by atoms with Crippen LogP contribution < -0.4 is 5.32 Å². The Morgan fingerprint density at radius 1 is 1.19 bits per heavy atom. The molecule has 0 amide bonds. The van der Waals surface area contributed by atoms with E-state index >= 15 is 0 Å². The molecule has 0 bridgehead atoms. The van der Waals surface area contributed by atoms with Crippen molar-refractivity contribution >= 4 is 5.69 Å². The minimum atomic E-state index is -0.0939. The zero-order chi connectivity index (χ0) is 10.8. The van der Waals surface area contributed by atoms with E-state index in [0.29, 0.717) is 6.61 Å². The predicted octanol–water partition coefficient (Wildman–Crippen LogP) is 2.72. The number of nitrogens with zero attached hydrogens (tertiary/aromatic N) is 1. The highest BCUT2D eigenvalue weighted by molar-refractivity contribution is 5.53. The van der Waals surface area contributed by atoms with Gasteiger partial charge in [0.05, 0.1) is 6.61 Å². The van der Waals surface area contributed by atoms with Crippen LogP contribution in [0.15, 0.2) is 48.8 Å². The highest BCUT2D eigenvalue weighted by Gasteiger charge is 2.18. The van der Waals surface area contributed by atoms with E-state index in [0.717, 1.165) is 11.3 Å². The number of aromatic nitrogens is 1. The molecule has 0 saturated carbocycles. The lowest BCUT2D eigenvalue weighted by Gasteiger charge is -2.27. The van der Waals surface area contributed by atoms with Gasteiger partial charge in [0.2, 0.25) is 0 Å². The molecular weight excluding hydrogens is 200 g/mol. The number of rotatable bonds is 1. The first-order valence-corrected chi connectivity index (χ1v) is 5.29. The smallest absolute Gasteiger partial charge is 0.155 e. The third-order valence-corrected chi connectivity index (χ3v) is 2.70. The van der Waals surface area contributed by atoms with E-state index < -0.39 is 0 Å². The van der Waals surface area contributed by atoms with Gasteiger partial charge in [-0.1, -0.05) is 24.3 Å². The van der Waals surface area contributed by atoms with Crippen molar-refractivity contribution in [1.29, 1.82) is 0 Å². The molecule has 1 N–H and O–H groups in total. The van der Waals surface area contributed by atoms with Gasteiger partial charge in [-0.15, -0.1) is 0 Å². The van der Waals surface area contributed by atoms with Gasteiger partial charge >= 0.3 is 0 Å². The van der Waals surface area contributed by atoms with Crippen molar-refractivity contribution in [1.82, 2.24) is 4.98 Å². The molecule has 3 rings (SSSR count). The van der Waals surface area contributed by atoms with E-state index in [4.69, 9.17) is 4.74 Å². The molecule has 1 aliphatic rings. The van der Waals surface area contributed by atoms with E-state index in [2.05, 4.69) is 22.4 Å². The van der Waals surface area contributed by atoms with Crippen LogP contribution in [0, 0.1) is 0 Å². The van der Waals surface area contributed by atoms with Gasteiger partial charge in [-0.3, -0.25) is 4.98 Å². The molecule has 0 fully saturated rings. The molecule has 0 saturated heterocycles. The topological polar surface area (TPSA) is 34.2 Å². The second kappa shape index (κ2) is 3.94. The lowest BCUT2D eigenvalue weighted by Crippen LogP contribution is -2.20. The average molecular weight is 212 g/mol. The Balaban J connectivity index is 1.89. The molecule has 0 spiro atoms. The van der Waals surface area contributed by atoms with Gasteiger partial charge in [0.25, 0.3) is 0 Å². The van der Waals surface area contributed by atoms with Crippen LogP contribution in [0.1, 0.15) is 17.4 Å². The lowest BCUT2D eigenvalue weighted by atomic mass is 10.1. The van der Waals surface area contributed by atoms with Gasteiger partial charge in [-0.2, -0.15) is 0 Å². The monoisotopic (exact) mass is 212 g/mol. The zero-order valence-corrected chi connectivity index (χ0v) is 8.76. The summed E-state index contributed by atoms with van der Waals surface area (Å²) >= 11 is 0. The van der Waals surface area contributed by atoms with E-state index in [9.17, 15) is 0 Å². The summed E-state index contributed by atoms with van der Waals surface area (Å²) in [6, 6.07) is 12.1. The van der Waals surface area contributed by atoms with Crippen LogP contribution in [0.5, 0.6) is 0 Å². The van der Waals surface area contributed by atoms with Crippen LogP contribution in [-0.4, -0.2) is 4.98 Å². The Bertz CT molecular complexity index is 484. The standard InChI is InChI=1S/C13H12N2O/c1-2-6-12-11(4-1)9-16-13(15-12)10-5-3-7-14-8-10/h1-8,13,15H,9H2/t13-/m1/s1. The third kappa shape index (κ3) is 1.66. The largest absolute Gasteiger partial charge is 0.356 e. The Kier molecular flexibility index (Phi) is 2.31. The van der Waals surface area contributed by atoms with Crippen LogP contribution in [0.3, 0.4) is 0 Å². The molecule has 1 aromatic carbocycles. The Morgan fingerprint density at radius 3 is 3.00 bits per heavy atom. The summed E-state index contributed by atoms with van der Waals surface area (Å²) in [4.78, 5) is 4.10. The summed E-state index contributed by atoms with van der Waals surface area (Å²) < 4.78 is 5.74. The van der Waals surface area contributed by atoms with Gasteiger partial charge in [0.1, 0.15) is 0 Å². The van der Waals surface area contributed by atoms with Gasteiger partial charge in [-0.25, -0.2) is 0 Å². The summed E-state index contributed by atoms with van der Waals surface area (Å²) in [5.74, 6) is 0. The van der Waals surface area contributed by atoms with E-state index in [1.807, 2.05) is 30.5 Å². The van der Waals surface area contributed by atoms with Crippen molar-refractivity contribution in [3.63, 3.8) is 0 Å². The number of pyridine rings is 1. The minimum absolute atomic E-state index is 0.0939. The molecule has 0 aliphatic carbocycles. The van der Waals surface area contributed by atoms with Gasteiger partial charge < -0.3 is 10.1 Å². The first kappa shape index (κ1) is 9.36. The fourth-order valence-electron chi connectivity index (χ4n) is 1.85. The number of para-hydroxylation sites is 1. The number of nitrogens with one attached hydrogen (secondary N) is 1. The van der Waals surface area contributed by atoms with Crippen LogP contribution in [0.2, 0.25) is 0 Å². The summed E-state index contributed by atoms with van der Waals surface area (Å²) in [6.45, 7) is 0.642. The van der Waals surface area contributed by atoms with E-state index in [1.54, 1.807) is 6.20 Å². The summed E-state index contributed by atoms with van der Waals surface area (Å²) in [6.07, 6.45) is 3.50. The number of benzene rings is 1. The fraction of sp³-hybridized carbons (Fsp3) is 0.154. The van der Waals surface area contributed by atoms with Crippen molar-refractivity contribution in [3.8, 4) is 0 Å². The third-order valence-electron chi connectivity index (χ3n) is 2.70. The molecule has 0 unspecified atom stereocenters. The SMILES string of the molecule is c1cncc([C@@H]2Nc3ccccc3CO2)c1. The maximum Gasteiger partial charge on any atom is 0.155 e. The molecule has 16 heavy (non-hydrogen) atoms. The first-order chi connectivity index (χ1) is 7.93. The first-order valence-electron chi connectivity index (χ1n) is 5.29. The predicted molar refractivity (Wildman–Crippen MR) is 61.8 cm³/mol. The normalized spacial score (nSPS) is 18.6. The van der Waals surface area contributed by atoms with Gasteiger partial charge in [-0.05, 0) is 12.1 Å². The van der Waals surface area contributed by atoms with Crippen LogP contribution in [-0.2, 0) is 11.3 Å². The average Bonchev–Trinajstić information content (AvgIpc) is 2.39. The second-order valence-corrected chi connectivity index (χ2v) is 3.78. The van der Waals surface area contributed by atoms with Crippen molar-refractivity contribution < 1.29 is 4.74 Å². The van der Waals surface area contributed by atoms with Gasteiger partial charge in [0.15, 0.2) is 6.23 Å². The molecule has 80 valence electrons. The van der Waals surface area contributed by atoms with Crippen LogP contribution in [0.4, 0.5) is 5.69 Å². The molecule has 1 atom stereocenters. The Labute approximate surface area is 94.1 Å². The highest BCUT2D eigenvalue weighted by Crippen LogP contribution is 2.29. The quantitative estimate of drug-likeness (QED) is 0.789. The Morgan fingerprint density at radius 2 is 2.12 bits per heavy atom. The minimum Gasteiger partial charge on any atom is -0.356 e. The molecule has 3 nitrogen and oxygen atoms in total. The number of hydrogen-bond donors (Lipinski definition) is 1. The highest BCUT2D eigenvalue weighted by atomic mass is 16.5. The molecular formula is C13H12N2O. The second-order valence-electron chi connectivity index (χ2n) is 3.78. The maximum atomic E-state index is 5.74. The van der Waals surface area contributed by atoms with E-state index in [1.165, 1.54) is 5.56 Å². The molecule has 2 heterocycles.